The van der Waals surface area contributed by atoms with Gasteiger partial charge in [0.2, 0.25) is 11.1 Å². The number of carbonyl (C=O) groups is 1. The molecule has 0 saturated carbocycles. The maximum Gasteiger partial charge on any atom is 0.253 e. The molecule has 3 heterocycles. The predicted octanol–water partition coefficient (Wildman–Crippen LogP) is 2.76. The highest BCUT2D eigenvalue weighted by Gasteiger charge is 2.34. The molecule has 9 heteroatoms. The van der Waals surface area contributed by atoms with Crippen LogP contribution in [0, 0.1) is 6.92 Å². The summed E-state index contributed by atoms with van der Waals surface area (Å²) in [4.78, 5) is 16.8. The Bertz CT molecular complexity index is 964. The first kappa shape index (κ1) is 17.3. The summed E-state index contributed by atoms with van der Waals surface area (Å²) in [5.74, 6) is 0.937. The number of hydrazone groups is 1. The average molecular weight is 382 g/mol. The molecule has 1 aromatic carbocycles. The van der Waals surface area contributed by atoms with Gasteiger partial charge in [0.15, 0.2) is 0 Å². The number of H-pyrrole nitrogens is 1. The minimum atomic E-state index is -0.262. The third kappa shape index (κ3) is 3.72. The van der Waals surface area contributed by atoms with E-state index in [9.17, 15) is 4.79 Å². The zero-order valence-electron chi connectivity index (χ0n) is 14.6. The average Bonchev–Trinajstić information content (AvgIpc) is 3.40. The molecule has 1 aliphatic rings. The number of nitrogens with one attached hydrogen (secondary N) is 1. The van der Waals surface area contributed by atoms with Crippen LogP contribution in [0.1, 0.15) is 29.3 Å². The van der Waals surface area contributed by atoms with Crippen LogP contribution in [0.5, 0.6) is 0 Å². The van der Waals surface area contributed by atoms with E-state index in [2.05, 4.69) is 20.3 Å². The van der Waals surface area contributed by atoms with Crippen LogP contribution in [0.15, 0.2) is 57.3 Å². The highest BCUT2D eigenvalue weighted by molar-refractivity contribution is 7.99. The smallest absolute Gasteiger partial charge is 0.253 e. The van der Waals surface area contributed by atoms with Crippen molar-refractivity contribution in [1.29, 1.82) is 0 Å². The molecule has 0 spiro atoms. The Kier molecular flexibility index (Phi) is 4.68. The molecule has 0 radical (unpaired) electrons. The van der Waals surface area contributed by atoms with Crippen molar-refractivity contribution in [2.24, 2.45) is 5.10 Å². The van der Waals surface area contributed by atoms with E-state index in [1.807, 2.05) is 43.3 Å². The highest BCUT2D eigenvalue weighted by Crippen LogP contribution is 2.33. The third-order valence-corrected chi connectivity index (χ3v) is 5.06. The molecule has 27 heavy (non-hydrogen) atoms. The van der Waals surface area contributed by atoms with Gasteiger partial charge in [-0.2, -0.15) is 10.1 Å². The SMILES string of the molecule is Cc1ccc(C2=NN(C(=O)CSc3n[nH]c(N)n3)[C@H](c3ccco3)C2)cc1. The normalized spacial score (nSPS) is 16.6. The maximum absolute atomic E-state index is 12.8. The van der Waals surface area contributed by atoms with Crippen molar-refractivity contribution in [3.05, 3.63) is 59.5 Å². The van der Waals surface area contributed by atoms with Crippen LogP contribution in [-0.4, -0.2) is 37.6 Å². The second-order valence-electron chi connectivity index (χ2n) is 6.18. The number of amides is 1. The Balaban J connectivity index is 1.55. The van der Waals surface area contributed by atoms with Crippen molar-refractivity contribution >= 4 is 29.3 Å². The summed E-state index contributed by atoms with van der Waals surface area (Å²) in [6, 6.07) is 11.5. The fraction of sp³-hybridized carbons (Fsp3) is 0.222. The second kappa shape index (κ2) is 7.28. The van der Waals surface area contributed by atoms with Gasteiger partial charge >= 0.3 is 0 Å². The lowest BCUT2D eigenvalue weighted by molar-refractivity contribution is -0.130. The molecular weight excluding hydrogens is 364 g/mol. The van der Waals surface area contributed by atoms with Gasteiger partial charge in [-0.25, -0.2) is 10.1 Å². The standard InChI is InChI=1S/C18H18N6O2S/c1-11-4-6-12(7-5-11)13-9-14(15-3-2-8-26-15)24(23-13)16(25)10-27-18-20-17(19)21-22-18/h2-8,14H,9-10H2,1H3,(H3,19,20,21,22)/t14-/m0/s1. The van der Waals surface area contributed by atoms with E-state index < -0.39 is 0 Å². The molecule has 0 saturated heterocycles. The summed E-state index contributed by atoms with van der Waals surface area (Å²) >= 11 is 1.21. The number of aromatic amines is 1. The van der Waals surface area contributed by atoms with Gasteiger partial charge in [0.05, 0.1) is 17.7 Å². The van der Waals surface area contributed by atoms with Crippen LogP contribution in [0.4, 0.5) is 5.95 Å². The number of aryl methyl sites for hydroxylation is 1. The van der Waals surface area contributed by atoms with Gasteiger partial charge in [0.1, 0.15) is 11.8 Å². The van der Waals surface area contributed by atoms with E-state index >= 15 is 0 Å². The molecule has 1 amide bonds. The molecule has 1 aliphatic heterocycles. The topological polar surface area (TPSA) is 113 Å². The molecule has 3 aromatic rings. The van der Waals surface area contributed by atoms with Gasteiger partial charge in [-0.05, 0) is 24.6 Å². The molecule has 2 aromatic heterocycles. The predicted molar refractivity (Wildman–Crippen MR) is 102 cm³/mol. The van der Waals surface area contributed by atoms with Crippen LogP contribution >= 0.6 is 11.8 Å². The Morgan fingerprint density at radius 2 is 2.19 bits per heavy atom. The fourth-order valence-corrected chi connectivity index (χ4v) is 3.54. The van der Waals surface area contributed by atoms with E-state index in [-0.39, 0.29) is 23.7 Å². The highest BCUT2D eigenvalue weighted by atomic mass is 32.2. The van der Waals surface area contributed by atoms with E-state index in [1.165, 1.54) is 22.3 Å². The van der Waals surface area contributed by atoms with E-state index in [4.69, 9.17) is 10.2 Å². The molecule has 0 bridgehead atoms. The van der Waals surface area contributed by atoms with Crippen LogP contribution in [0.3, 0.4) is 0 Å². The number of nitrogens with zero attached hydrogens (tertiary/aromatic N) is 4. The van der Waals surface area contributed by atoms with E-state index in [1.54, 1.807) is 6.26 Å². The number of furan rings is 1. The van der Waals surface area contributed by atoms with E-state index in [0.29, 0.717) is 17.3 Å². The van der Waals surface area contributed by atoms with Crippen molar-refractivity contribution < 1.29 is 9.21 Å². The molecule has 0 aliphatic carbocycles. The summed E-state index contributed by atoms with van der Waals surface area (Å²) < 4.78 is 5.55. The number of carbonyl (C=O) groups excluding carboxylic acids is 1. The number of hydrogen-bond acceptors (Lipinski definition) is 7. The van der Waals surface area contributed by atoms with Crippen LogP contribution in [0.25, 0.3) is 0 Å². The van der Waals surface area contributed by atoms with Gasteiger partial charge < -0.3 is 10.2 Å². The molecule has 138 valence electrons. The summed E-state index contributed by atoms with van der Waals surface area (Å²) in [5, 5.41) is 13.0. The number of thioether (sulfide) groups is 1. The first-order valence-electron chi connectivity index (χ1n) is 8.41. The van der Waals surface area contributed by atoms with Crippen molar-refractivity contribution in [3.63, 3.8) is 0 Å². The van der Waals surface area contributed by atoms with Gasteiger partial charge in [-0.3, -0.25) is 4.79 Å². The Hall–Kier alpha value is -3.07. The number of benzene rings is 1. The Morgan fingerprint density at radius 3 is 2.85 bits per heavy atom. The number of anilines is 1. The minimum absolute atomic E-state index is 0.146. The maximum atomic E-state index is 12.8. The summed E-state index contributed by atoms with van der Waals surface area (Å²) in [7, 11) is 0. The molecule has 1 atom stereocenters. The van der Waals surface area contributed by atoms with Gasteiger partial charge in [-0.1, -0.05) is 41.6 Å². The van der Waals surface area contributed by atoms with Crippen LogP contribution < -0.4 is 5.73 Å². The number of rotatable bonds is 5. The second-order valence-corrected chi connectivity index (χ2v) is 7.12. The van der Waals surface area contributed by atoms with Crippen LogP contribution in [0.2, 0.25) is 0 Å². The number of hydrogen-bond donors (Lipinski definition) is 2. The zero-order valence-corrected chi connectivity index (χ0v) is 15.4. The number of nitrogens with two attached hydrogens (primary N) is 1. The third-order valence-electron chi connectivity index (χ3n) is 4.23. The summed E-state index contributed by atoms with van der Waals surface area (Å²) in [6.07, 6.45) is 2.20. The monoisotopic (exact) mass is 382 g/mol. The number of nitrogen functional groups attached to an aromatic ring is 1. The first-order chi connectivity index (χ1) is 13.1. The van der Waals surface area contributed by atoms with Crippen LogP contribution in [-0.2, 0) is 4.79 Å². The molecule has 8 nitrogen and oxygen atoms in total. The van der Waals surface area contributed by atoms with Gasteiger partial charge in [0, 0.05) is 6.42 Å². The molecule has 4 rings (SSSR count). The van der Waals surface area contributed by atoms with Crippen molar-refractivity contribution in [2.75, 3.05) is 11.5 Å². The zero-order chi connectivity index (χ0) is 18.8. The summed E-state index contributed by atoms with van der Waals surface area (Å²) in [6.45, 7) is 2.04. The number of aromatic nitrogens is 3. The molecule has 0 unspecified atom stereocenters. The van der Waals surface area contributed by atoms with E-state index in [0.717, 1.165) is 11.3 Å². The minimum Gasteiger partial charge on any atom is -0.467 e. The van der Waals surface area contributed by atoms with Crippen molar-refractivity contribution in [2.45, 2.75) is 24.5 Å². The van der Waals surface area contributed by atoms with Gasteiger partial charge in [0.25, 0.3) is 5.91 Å². The van der Waals surface area contributed by atoms with Gasteiger partial charge in [-0.15, -0.1) is 5.10 Å². The summed E-state index contributed by atoms with van der Waals surface area (Å²) in [5.41, 5.74) is 8.55. The molecule has 0 fully saturated rings. The Morgan fingerprint density at radius 1 is 1.37 bits per heavy atom. The first-order valence-corrected chi connectivity index (χ1v) is 9.39. The van der Waals surface area contributed by atoms with Crippen molar-refractivity contribution in [3.8, 4) is 0 Å². The Labute approximate surface area is 159 Å². The molecule has 3 N–H and O–H groups in total. The lowest BCUT2D eigenvalue weighted by Gasteiger charge is -2.19. The quantitative estimate of drug-likeness (QED) is 0.656. The van der Waals surface area contributed by atoms with Crippen molar-refractivity contribution in [1.82, 2.24) is 20.2 Å². The largest absolute Gasteiger partial charge is 0.467 e. The lowest BCUT2D eigenvalue weighted by Crippen LogP contribution is -2.28. The molecular formula is C18H18N6O2S. The fourth-order valence-electron chi connectivity index (χ4n) is 2.88. The lowest BCUT2D eigenvalue weighted by atomic mass is 10.0.